The summed E-state index contributed by atoms with van der Waals surface area (Å²) >= 11 is 0. The second-order valence-electron chi connectivity index (χ2n) is 6.18. The van der Waals surface area contributed by atoms with Crippen LogP contribution in [0.25, 0.3) is 0 Å². The molecule has 1 aromatic rings. The van der Waals surface area contributed by atoms with Gasteiger partial charge < -0.3 is 5.32 Å². The summed E-state index contributed by atoms with van der Waals surface area (Å²) in [7, 11) is 0. The zero-order valence-electron chi connectivity index (χ0n) is 12.8. The Balaban J connectivity index is 2.00. The molecule has 2 rings (SSSR count). The van der Waals surface area contributed by atoms with E-state index in [4.69, 9.17) is 0 Å². The fraction of sp³-hybridized carbons (Fsp3) is 0.647. The van der Waals surface area contributed by atoms with Crippen molar-refractivity contribution in [2.75, 3.05) is 5.32 Å². The van der Waals surface area contributed by atoms with Crippen molar-refractivity contribution < 1.29 is 13.2 Å². The first kappa shape index (κ1) is 16.2. The van der Waals surface area contributed by atoms with Gasteiger partial charge in [-0.25, -0.2) is 0 Å². The molecular weight excluding hydrogens is 275 g/mol. The SMILES string of the molecule is CCCC1CCC(Nc2cc(C(F)(F)F)ccc2C)CC1. The van der Waals surface area contributed by atoms with Crippen LogP contribution in [0.5, 0.6) is 0 Å². The smallest absolute Gasteiger partial charge is 0.382 e. The van der Waals surface area contributed by atoms with Gasteiger partial charge in [-0.3, -0.25) is 0 Å². The molecule has 1 fully saturated rings. The van der Waals surface area contributed by atoms with E-state index in [0.29, 0.717) is 11.7 Å². The third-order valence-electron chi connectivity index (χ3n) is 4.47. The van der Waals surface area contributed by atoms with Gasteiger partial charge >= 0.3 is 6.18 Å². The van der Waals surface area contributed by atoms with Gasteiger partial charge in [-0.15, -0.1) is 0 Å². The Kier molecular flexibility index (Phi) is 5.17. The Bertz CT molecular complexity index is 460. The lowest BCUT2D eigenvalue weighted by atomic mass is 9.83. The standard InChI is InChI=1S/C17H24F3N/c1-3-4-13-6-9-15(10-7-13)21-16-11-14(17(18,19)20)8-5-12(16)2/h5,8,11,13,15,21H,3-4,6-7,9-10H2,1-2H3. The second-order valence-corrected chi connectivity index (χ2v) is 6.18. The number of nitrogens with one attached hydrogen (secondary N) is 1. The number of halogens is 3. The minimum Gasteiger partial charge on any atom is -0.382 e. The number of hydrogen-bond acceptors (Lipinski definition) is 1. The van der Waals surface area contributed by atoms with Crippen LogP contribution in [0.1, 0.15) is 56.6 Å². The maximum Gasteiger partial charge on any atom is 0.416 e. The molecule has 0 aliphatic heterocycles. The molecule has 0 amide bonds. The lowest BCUT2D eigenvalue weighted by Crippen LogP contribution is -2.26. The number of anilines is 1. The van der Waals surface area contributed by atoms with Gasteiger partial charge in [0.2, 0.25) is 0 Å². The van der Waals surface area contributed by atoms with E-state index in [-0.39, 0.29) is 0 Å². The second kappa shape index (κ2) is 6.71. The molecule has 1 aliphatic rings. The van der Waals surface area contributed by atoms with E-state index in [1.165, 1.54) is 31.7 Å². The summed E-state index contributed by atoms with van der Waals surface area (Å²) in [5.74, 6) is 0.802. The number of benzene rings is 1. The largest absolute Gasteiger partial charge is 0.416 e. The summed E-state index contributed by atoms with van der Waals surface area (Å²) in [6.45, 7) is 4.06. The van der Waals surface area contributed by atoms with Crippen LogP contribution < -0.4 is 5.32 Å². The lowest BCUT2D eigenvalue weighted by molar-refractivity contribution is -0.137. The summed E-state index contributed by atoms with van der Waals surface area (Å²) in [6.07, 6.45) is 2.70. The van der Waals surface area contributed by atoms with E-state index in [1.807, 2.05) is 6.92 Å². The molecule has 118 valence electrons. The van der Waals surface area contributed by atoms with Crippen LogP contribution in [-0.4, -0.2) is 6.04 Å². The van der Waals surface area contributed by atoms with Crippen LogP contribution in [0.15, 0.2) is 18.2 Å². The van der Waals surface area contributed by atoms with E-state index < -0.39 is 11.7 Å². The van der Waals surface area contributed by atoms with Gasteiger partial charge in [-0.2, -0.15) is 13.2 Å². The highest BCUT2D eigenvalue weighted by Gasteiger charge is 2.31. The average molecular weight is 299 g/mol. The first-order valence-corrected chi connectivity index (χ1v) is 7.84. The molecule has 1 nitrogen and oxygen atoms in total. The molecule has 4 heteroatoms. The molecule has 0 bridgehead atoms. The molecule has 1 saturated carbocycles. The number of hydrogen-bond donors (Lipinski definition) is 1. The third kappa shape index (κ3) is 4.39. The molecule has 0 radical (unpaired) electrons. The molecule has 21 heavy (non-hydrogen) atoms. The average Bonchev–Trinajstić information content (AvgIpc) is 2.42. The van der Waals surface area contributed by atoms with Gasteiger partial charge in [0.15, 0.2) is 0 Å². The zero-order valence-corrected chi connectivity index (χ0v) is 12.8. The van der Waals surface area contributed by atoms with Crippen molar-refractivity contribution in [3.8, 4) is 0 Å². The third-order valence-corrected chi connectivity index (χ3v) is 4.47. The minimum atomic E-state index is -4.27. The maximum atomic E-state index is 12.8. The van der Waals surface area contributed by atoms with Gasteiger partial charge in [-0.05, 0) is 56.2 Å². The summed E-state index contributed by atoms with van der Waals surface area (Å²) < 4.78 is 38.4. The lowest BCUT2D eigenvalue weighted by Gasteiger charge is -2.30. The first-order chi connectivity index (χ1) is 9.90. The molecule has 0 atom stereocenters. The van der Waals surface area contributed by atoms with E-state index >= 15 is 0 Å². The molecule has 0 heterocycles. The van der Waals surface area contributed by atoms with E-state index in [0.717, 1.165) is 30.4 Å². The van der Waals surface area contributed by atoms with Gasteiger partial charge in [0.1, 0.15) is 0 Å². The molecule has 1 aromatic carbocycles. The van der Waals surface area contributed by atoms with Crippen molar-refractivity contribution in [3.05, 3.63) is 29.3 Å². The van der Waals surface area contributed by atoms with Crippen molar-refractivity contribution in [3.63, 3.8) is 0 Å². The van der Waals surface area contributed by atoms with Crippen LogP contribution >= 0.6 is 0 Å². The predicted molar refractivity (Wildman–Crippen MR) is 80.5 cm³/mol. The number of rotatable bonds is 4. The van der Waals surface area contributed by atoms with E-state index in [1.54, 1.807) is 6.07 Å². The number of aryl methyl sites for hydroxylation is 1. The molecular formula is C17H24F3N. The highest BCUT2D eigenvalue weighted by molar-refractivity contribution is 5.53. The minimum absolute atomic E-state index is 0.306. The number of alkyl halides is 3. The fourth-order valence-corrected chi connectivity index (χ4v) is 3.18. The summed E-state index contributed by atoms with van der Waals surface area (Å²) in [5.41, 5.74) is 0.928. The zero-order chi connectivity index (χ0) is 15.5. The van der Waals surface area contributed by atoms with Crippen LogP contribution in [0.4, 0.5) is 18.9 Å². The van der Waals surface area contributed by atoms with Crippen molar-refractivity contribution >= 4 is 5.69 Å². The van der Waals surface area contributed by atoms with Crippen molar-refractivity contribution in [1.82, 2.24) is 0 Å². The van der Waals surface area contributed by atoms with Gasteiger partial charge in [0.25, 0.3) is 0 Å². The predicted octanol–water partition coefficient (Wildman–Crippen LogP) is 5.78. The Morgan fingerprint density at radius 1 is 1.14 bits per heavy atom. The van der Waals surface area contributed by atoms with E-state index in [9.17, 15) is 13.2 Å². The fourth-order valence-electron chi connectivity index (χ4n) is 3.18. The van der Waals surface area contributed by atoms with Crippen LogP contribution in [0.3, 0.4) is 0 Å². The van der Waals surface area contributed by atoms with Crippen molar-refractivity contribution in [1.29, 1.82) is 0 Å². The summed E-state index contributed by atoms with van der Waals surface area (Å²) in [4.78, 5) is 0. The van der Waals surface area contributed by atoms with Gasteiger partial charge in [0, 0.05) is 11.7 Å². The van der Waals surface area contributed by atoms with Gasteiger partial charge in [0.05, 0.1) is 5.56 Å². The van der Waals surface area contributed by atoms with E-state index in [2.05, 4.69) is 12.2 Å². The molecule has 0 spiro atoms. The normalized spacial score (nSPS) is 23.1. The topological polar surface area (TPSA) is 12.0 Å². The highest BCUT2D eigenvalue weighted by atomic mass is 19.4. The van der Waals surface area contributed by atoms with Crippen LogP contribution in [-0.2, 0) is 6.18 Å². The maximum absolute atomic E-state index is 12.8. The molecule has 1 N–H and O–H groups in total. The Morgan fingerprint density at radius 3 is 2.38 bits per heavy atom. The first-order valence-electron chi connectivity index (χ1n) is 7.84. The van der Waals surface area contributed by atoms with Crippen molar-refractivity contribution in [2.24, 2.45) is 5.92 Å². The molecule has 0 unspecified atom stereocenters. The Morgan fingerprint density at radius 2 is 1.81 bits per heavy atom. The summed E-state index contributed by atoms with van der Waals surface area (Å²) in [6, 6.07) is 4.25. The Labute approximate surface area is 124 Å². The van der Waals surface area contributed by atoms with Crippen LogP contribution in [0, 0.1) is 12.8 Å². The van der Waals surface area contributed by atoms with Crippen LogP contribution in [0.2, 0.25) is 0 Å². The highest BCUT2D eigenvalue weighted by Crippen LogP contribution is 2.34. The summed E-state index contributed by atoms with van der Waals surface area (Å²) in [5, 5.41) is 3.32. The monoisotopic (exact) mass is 299 g/mol. The quantitative estimate of drug-likeness (QED) is 0.742. The van der Waals surface area contributed by atoms with Crippen molar-refractivity contribution in [2.45, 2.75) is 64.6 Å². The Hall–Kier alpha value is -1.19. The molecule has 0 saturated heterocycles. The molecule has 0 aromatic heterocycles. The molecule has 1 aliphatic carbocycles. The van der Waals surface area contributed by atoms with Gasteiger partial charge in [-0.1, -0.05) is 25.8 Å².